The van der Waals surface area contributed by atoms with Gasteiger partial charge in [-0.3, -0.25) is 0 Å². The van der Waals surface area contributed by atoms with Gasteiger partial charge in [0.15, 0.2) is 0 Å². The van der Waals surface area contributed by atoms with Gasteiger partial charge in [-0.2, -0.15) is 0 Å². The predicted octanol–water partition coefficient (Wildman–Crippen LogP) is 3.91. The van der Waals surface area contributed by atoms with E-state index in [0.717, 1.165) is 30.3 Å². The molecular formula is C15H13F2N. The van der Waals surface area contributed by atoms with Gasteiger partial charge >= 0.3 is 0 Å². The Kier molecular flexibility index (Phi) is 2.74. The van der Waals surface area contributed by atoms with Crippen molar-refractivity contribution in [2.45, 2.75) is 12.3 Å². The smallest absolute Gasteiger partial charge is 0.126 e. The summed E-state index contributed by atoms with van der Waals surface area (Å²) >= 11 is 0. The molecule has 0 aliphatic carbocycles. The van der Waals surface area contributed by atoms with Crippen molar-refractivity contribution in [2.75, 3.05) is 11.9 Å². The zero-order valence-corrected chi connectivity index (χ0v) is 9.79. The highest BCUT2D eigenvalue weighted by Gasteiger charge is 2.22. The van der Waals surface area contributed by atoms with Crippen LogP contribution in [0.1, 0.15) is 23.5 Å². The monoisotopic (exact) mass is 245 g/mol. The molecule has 1 N–H and O–H groups in total. The lowest BCUT2D eigenvalue weighted by Gasteiger charge is -2.27. The van der Waals surface area contributed by atoms with Crippen LogP contribution in [0.15, 0.2) is 42.5 Å². The first-order valence-corrected chi connectivity index (χ1v) is 6.03. The molecule has 3 rings (SSSR count). The Labute approximate surface area is 104 Å². The third-order valence-corrected chi connectivity index (χ3v) is 3.37. The number of nitrogens with one attached hydrogen (secondary N) is 1. The summed E-state index contributed by atoms with van der Waals surface area (Å²) in [4.78, 5) is 0. The minimum absolute atomic E-state index is 0.0626. The average Bonchev–Trinajstić information content (AvgIpc) is 2.37. The summed E-state index contributed by atoms with van der Waals surface area (Å²) in [5, 5.41) is 3.30. The molecule has 0 saturated carbocycles. The van der Waals surface area contributed by atoms with Gasteiger partial charge in [-0.25, -0.2) is 8.78 Å². The number of rotatable bonds is 1. The topological polar surface area (TPSA) is 12.0 Å². The molecule has 0 bridgehead atoms. The maximum absolute atomic E-state index is 13.3. The Morgan fingerprint density at radius 3 is 2.50 bits per heavy atom. The van der Waals surface area contributed by atoms with E-state index in [1.54, 1.807) is 0 Å². The molecule has 0 amide bonds. The first kappa shape index (κ1) is 11.2. The molecule has 0 spiro atoms. The van der Waals surface area contributed by atoms with E-state index < -0.39 is 11.6 Å². The van der Waals surface area contributed by atoms with Crippen LogP contribution in [-0.4, -0.2) is 6.54 Å². The quantitative estimate of drug-likeness (QED) is 0.803. The molecule has 1 aliphatic heterocycles. The molecule has 0 fully saturated rings. The number of fused-ring (bicyclic) bond motifs is 1. The molecule has 1 aliphatic rings. The van der Waals surface area contributed by atoms with Crippen LogP contribution >= 0.6 is 0 Å². The van der Waals surface area contributed by atoms with E-state index in [-0.39, 0.29) is 5.92 Å². The molecule has 1 unspecified atom stereocenters. The number of hydrogen-bond acceptors (Lipinski definition) is 1. The zero-order chi connectivity index (χ0) is 12.5. The summed E-state index contributed by atoms with van der Waals surface area (Å²) in [5.74, 6) is -0.963. The van der Waals surface area contributed by atoms with E-state index in [0.29, 0.717) is 5.56 Å². The fourth-order valence-electron chi connectivity index (χ4n) is 2.59. The van der Waals surface area contributed by atoms with Crippen molar-refractivity contribution < 1.29 is 8.78 Å². The number of benzene rings is 2. The summed E-state index contributed by atoms with van der Waals surface area (Å²) in [5.41, 5.74) is 2.87. The van der Waals surface area contributed by atoms with Gasteiger partial charge in [0.2, 0.25) is 0 Å². The molecule has 1 nitrogen and oxygen atoms in total. The van der Waals surface area contributed by atoms with Crippen molar-refractivity contribution in [3.05, 3.63) is 65.2 Å². The van der Waals surface area contributed by atoms with E-state index >= 15 is 0 Å². The van der Waals surface area contributed by atoms with Crippen LogP contribution in [0.3, 0.4) is 0 Å². The Morgan fingerprint density at radius 1 is 1.00 bits per heavy atom. The van der Waals surface area contributed by atoms with Gasteiger partial charge in [-0.05, 0) is 35.7 Å². The van der Waals surface area contributed by atoms with Crippen molar-refractivity contribution >= 4 is 5.69 Å². The summed E-state index contributed by atoms with van der Waals surface area (Å²) in [6.07, 6.45) is 0.847. The Morgan fingerprint density at radius 2 is 1.72 bits per heavy atom. The Balaban J connectivity index is 2.08. The zero-order valence-electron chi connectivity index (χ0n) is 9.79. The minimum Gasteiger partial charge on any atom is -0.385 e. The summed E-state index contributed by atoms with van der Waals surface area (Å²) < 4.78 is 26.6. The third kappa shape index (κ3) is 1.96. The van der Waals surface area contributed by atoms with Crippen LogP contribution in [0, 0.1) is 11.6 Å². The molecule has 2 aromatic carbocycles. The van der Waals surface area contributed by atoms with E-state index in [9.17, 15) is 8.78 Å². The van der Waals surface area contributed by atoms with Gasteiger partial charge in [0.25, 0.3) is 0 Å². The standard InChI is InChI=1S/C15H13F2N/c16-11-7-10(8-12(17)9-11)13-5-6-18-15-4-2-1-3-14(13)15/h1-4,7-9,13,18H,5-6H2. The van der Waals surface area contributed by atoms with Crippen molar-refractivity contribution in [1.82, 2.24) is 0 Å². The van der Waals surface area contributed by atoms with Crippen LogP contribution in [0.4, 0.5) is 14.5 Å². The SMILES string of the molecule is Fc1cc(F)cc(C2CCNc3ccccc32)c1. The lowest BCUT2D eigenvalue weighted by Crippen LogP contribution is -2.17. The van der Waals surface area contributed by atoms with Crippen molar-refractivity contribution in [1.29, 1.82) is 0 Å². The van der Waals surface area contributed by atoms with E-state index in [1.165, 1.54) is 12.1 Å². The molecular weight excluding hydrogens is 232 g/mol. The van der Waals surface area contributed by atoms with Gasteiger partial charge in [-0.15, -0.1) is 0 Å². The lowest BCUT2D eigenvalue weighted by atomic mass is 9.85. The highest BCUT2D eigenvalue weighted by atomic mass is 19.1. The van der Waals surface area contributed by atoms with Crippen LogP contribution in [-0.2, 0) is 0 Å². The number of para-hydroxylation sites is 1. The normalized spacial score (nSPS) is 18.0. The van der Waals surface area contributed by atoms with Crippen LogP contribution in [0.25, 0.3) is 0 Å². The van der Waals surface area contributed by atoms with Crippen LogP contribution < -0.4 is 5.32 Å². The average molecular weight is 245 g/mol. The lowest BCUT2D eigenvalue weighted by molar-refractivity contribution is 0.574. The van der Waals surface area contributed by atoms with Gasteiger partial charge in [0.05, 0.1) is 0 Å². The molecule has 0 saturated heterocycles. The van der Waals surface area contributed by atoms with E-state index in [1.807, 2.05) is 24.3 Å². The molecule has 18 heavy (non-hydrogen) atoms. The number of halogens is 2. The van der Waals surface area contributed by atoms with Crippen molar-refractivity contribution in [3.63, 3.8) is 0 Å². The molecule has 0 radical (unpaired) electrons. The number of hydrogen-bond donors (Lipinski definition) is 1. The largest absolute Gasteiger partial charge is 0.385 e. The van der Waals surface area contributed by atoms with Crippen molar-refractivity contribution in [3.8, 4) is 0 Å². The van der Waals surface area contributed by atoms with E-state index in [4.69, 9.17) is 0 Å². The second kappa shape index (κ2) is 4.41. The van der Waals surface area contributed by atoms with E-state index in [2.05, 4.69) is 5.32 Å². The summed E-state index contributed by atoms with van der Waals surface area (Å²) in [6, 6.07) is 11.7. The second-order valence-corrected chi connectivity index (χ2v) is 4.56. The molecule has 3 heteroatoms. The van der Waals surface area contributed by atoms with Crippen molar-refractivity contribution in [2.24, 2.45) is 0 Å². The second-order valence-electron chi connectivity index (χ2n) is 4.56. The van der Waals surface area contributed by atoms with Gasteiger partial charge in [0, 0.05) is 24.2 Å². The van der Waals surface area contributed by atoms with Gasteiger partial charge in [-0.1, -0.05) is 18.2 Å². The third-order valence-electron chi connectivity index (χ3n) is 3.37. The molecule has 1 atom stereocenters. The number of anilines is 1. The molecule has 1 heterocycles. The minimum atomic E-state index is -0.513. The van der Waals surface area contributed by atoms with Crippen LogP contribution in [0.5, 0.6) is 0 Å². The molecule has 92 valence electrons. The Hall–Kier alpha value is -1.90. The summed E-state index contributed by atoms with van der Waals surface area (Å²) in [7, 11) is 0. The summed E-state index contributed by atoms with van der Waals surface area (Å²) in [6.45, 7) is 0.819. The first-order valence-electron chi connectivity index (χ1n) is 6.03. The first-order chi connectivity index (χ1) is 8.74. The maximum atomic E-state index is 13.3. The Bertz CT molecular complexity index is 560. The molecule has 2 aromatic rings. The fraction of sp³-hybridized carbons (Fsp3) is 0.200. The fourth-order valence-corrected chi connectivity index (χ4v) is 2.59. The van der Waals surface area contributed by atoms with Crippen LogP contribution in [0.2, 0.25) is 0 Å². The molecule has 0 aromatic heterocycles. The maximum Gasteiger partial charge on any atom is 0.126 e. The van der Waals surface area contributed by atoms with Gasteiger partial charge < -0.3 is 5.32 Å². The highest BCUT2D eigenvalue weighted by Crippen LogP contribution is 2.36. The highest BCUT2D eigenvalue weighted by molar-refractivity contribution is 5.57. The van der Waals surface area contributed by atoms with Gasteiger partial charge in [0.1, 0.15) is 11.6 Å². The predicted molar refractivity (Wildman–Crippen MR) is 67.7 cm³/mol.